The minimum atomic E-state index is 0.544. The Morgan fingerprint density at radius 2 is 1.94 bits per heavy atom. The van der Waals surface area contributed by atoms with Gasteiger partial charge >= 0.3 is 0 Å². The minimum Gasteiger partial charge on any atom is -0.399 e. The summed E-state index contributed by atoms with van der Waals surface area (Å²) in [6, 6.07) is 8.71. The summed E-state index contributed by atoms with van der Waals surface area (Å²) in [5, 5.41) is 0. The number of hydrogen-bond donors (Lipinski definition) is 1. The molecule has 0 bridgehead atoms. The fourth-order valence-corrected chi connectivity index (χ4v) is 2.07. The van der Waals surface area contributed by atoms with Crippen LogP contribution in [0.5, 0.6) is 0 Å². The Morgan fingerprint density at radius 3 is 2.50 bits per heavy atom. The monoisotopic (exact) mass is 250 g/mol. The second kappa shape index (κ2) is 8.11. The van der Waals surface area contributed by atoms with Gasteiger partial charge < -0.3 is 10.5 Å². The molecule has 1 unspecified atom stereocenters. The van der Waals surface area contributed by atoms with Crippen LogP contribution < -0.4 is 5.73 Å². The standard InChI is InChI=1S/C15H26N2O/c1-4-10-17(13(2)9-11-18-3)12-14-5-7-15(16)8-6-14/h5-8,13H,4,9-12,16H2,1-3H3. The van der Waals surface area contributed by atoms with E-state index in [2.05, 4.69) is 30.9 Å². The smallest absolute Gasteiger partial charge is 0.0477 e. The number of nitrogens with two attached hydrogens (primary N) is 1. The van der Waals surface area contributed by atoms with Crippen molar-refractivity contribution in [1.29, 1.82) is 0 Å². The Balaban J connectivity index is 2.58. The zero-order valence-corrected chi connectivity index (χ0v) is 11.9. The van der Waals surface area contributed by atoms with Gasteiger partial charge in [0.25, 0.3) is 0 Å². The number of rotatable bonds is 8. The van der Waals surface area contributed by atoms with Crippen LogP contribution >= 0.6 is 0 Å². The SMILES string of the molecule is CCCN(Cc1ccc(N)cc1)C(C)CCOC. The average molecular weight is 250 g/mol. The van der Waals surface area contributed by atoms with Gasteiger partial charge in [0, 0.05) is 32.0 Å². The zero-order chi connectivity index (χ0) is 13.4. The molecule has 0 fully saturated rings. The van der Waals surface area contributed by atoms with E-state index < -0.39 is 0 Å². The van der Waals surface area contributed by atoms with Crippen molar-refractivity contribution >= 4 is 5.69 Å². The molecule has 1 rings (SSSR count). The van der Waals surface area contributed by atoms with Gasteiger partial charge in [0.15, 0.2) is 0 Å². The highest BCUT2D eigenvalue weighted by atomic mass is 16.5. The molecule has 102 valence electrons. The zero-order valence-electron chi connectivity index (χ0n) is 11.9. The third kappa shape index (κ3) is 5.07. The van der Waals surface area contributed by atoms with Crippen LogP contribution in [0, 0.1) is 0 Å². The van der Waals surface area contributed by atoms with Crippen LogP contribution in [-0.4, -0.2) is 31.2 Å². The van der Waals surface area contributed by atoms with Crippen LogP contribution in [0.15, 0.2) is 24.3 Å². The molecule has 1 aromatic carbocycles. The van der Waals surface area contributed by atoms with Crippen molar-refractivity contribution < 1.29 is 4.74 Å². The molecule has 0 spiro atoms. The normalized spacial score (nSPS) is 12.9. The summed E-state index contributed by atoms with van der Waals surface area (Å²) < 4.78 is 5.16. The van der Waals surface area contributed by atoms with Crippen molar-refractivity contribution in [3.05, 3.63) is 29.8 Å². The van der Waals surface area contributed by atoms with Gasteiger partial charge in [-0.25, -0.2) is 0 Å². The number of benzene rings is 1. The van der Waals surface area contributed by atoms with Crippen molar-refractivity contribution in [3.63, 3.8) is 0 Å². The Bertz CT molecular complexity index is 324. The lowest BCUT2D eigenvalue weighted by atomic mass is 10.1. The lowest BCUT2D eigenvalue weighted by Gasteiger charge is -2.28. The van der Waals surface area contributed by atoms with E-state index >= 15 is 0 Å². The average Bonchev–Trinajstić information content (AvgIpc) is 2.38. The van der Waals surface area contributed by atoms with E-state index in [4.69, 9.17) is 10.5 Å². The molecule has 0 aromatic heterocycles. The van der Waals surface area contributed by atoms with Gasteiger partial charge in [-0.2, -0.15) is 0 Å². The fraction of sp³-hybridized carbons (Fsp3) is 0.600. The molecule has 0 heterocycles. The molecule has 3 nitrogen and oxygen atoms in total. The number of hydrogen-bond acceptors (Lipinski definition) is 3. The molecule has 0 aliphatic heterocycles. The Labute approximate surface area is 111 Å². The minimum absolute atomic E-state index is 0.544. The van der Waals surface area contributed by atoms with Crippen molar-refractivity contribution in [2.45, 2.75) is 39.3 Å². The molecular weight excluding hydrogens is 224 g/mol. The first-order valence-corrected chi connectivity index (χ1v) is 6.74. The van der Waals surface area contributed by atoms with Gasteiger partial charge in [0.1, 0.15) is 0 Å². The first kappa shape index (κ1) is 15.0. The molecule has 0 radical (unpaired) electrons. The Kier molecular flexibility index (Phi) is 6.76. The molecule has 0 amide bonds. The van der Waals surface area contributed by atoms with Crippen molar-refractivity contribution in [3.8, 4) is 0 Å². The molecule has 3 heteroatoms. The van der Waals surface area contributed by atoms with Crippen LogP contribution in [0.3, 0.4) is 0 Å². The van der Waals surface area contributed by atoms with Gasteiger partial charge in [-0.1, -0.05) is 19.1 Å². The van der Waals surface area contributed by atoms with Gasteiger partial charge in [-0.05, 0) is 44.0 Å². The first-order valence-electron chi connectivity index (χ1n) is 6.74. The molecule has 0 saturated heterocycles. The third-order valence-corrected chi connectivity index (χ3v) is 3.24. The molecule has 0 saturated carbocycles. The second-order valence-corrected chi connectivity index (χ2v) is 4.84. The summed E-state index contributed by atoms with van der Waals surface area (Å²) in [4.78, 5) is 2.50. The molecule has 1 atom stereocenters. The van der Waals surface area contributed by atoms with E-state index in [1.165, 1.54) is 12.0 Å². The van der Waals surface area contributed by atoms with E-state index in [1.54, 1.807) is 7.11 Å². The maximum Gasteiger partial charge on any atom is 0.0477 e. The Hall–Kier alpha value is -1.06. The topological polar surface area (TPSA) is 38.5 Å². The van der Waals surface area contributed by atoms with E-state index in [9.17, 15) is 0 Å². The summed E-state index contributed by atoms with van der Waals surface area (Å²) >= 11 is 0. The molecule has 2 N–H and O–H groups in total. The summed E-state index contributed by atoms with van der Waals surface area (Å²) in [5.74, 6) is 0. The summed E-state index contributed by atoms with van der Waals surface area (Å²) in [5.41, 5.74) is 7.86. The number of methoxy groups -OCH3 is 1. The lowest BCUT2D eigenvalue weighted by molar-refractivity contribution is 0.133. The van der Waals surface area contributed by atoms with Crippen molar-refractivity contribution in [1.82, 2.24) is 4.90 Å². The molecule has 18 heavy (non-hydrogen) atoms. The Morgan fingerprint density at radius 1 is 1.28 bits per heavy atom. The molecule has 0 aliphatic carbocycles. The highest BCUT2D eigenvalue weighted by Crippen LogP contribution is 2.13. The largest absolute Gasteiger partial charge is 0.399 e. The number of nitrogens with zero attached hydrogens (tertiary/aromatic N) is 1. The van der Waals surface area contributed by atoms with E-state index in [0.29, 0.717) is 6.04 Å². The van der Waals surface area contributed by atoms with Gasteiger partial charge in [0.05, 0.1) is 0 Å². The summed E-state index contributed by atoms with van der Waals surface area (Å²) in [6.45, 7) is 7.42. The maximum atomic E-state index is 5.71. The van der Waals surface area contributed by atoms with Crippen LogP contribution in [0.4, 0.5) is 5.69 Å². The number of anilines is 1. The van der Waals surface area contributed by atoms with Crippen molar-refractivity contribution in [2.24, 2.45) is 0 Å². The lowest BCUT2D eigenvalue weighted by Crippen LogP contribution is -2.34. The van der Waals surface area contributed by atoms with Gasteiger partial charge in [-0.15, -0.1) is 0 Å². The molecule has 1 aromatic rings. The van der Waals surface area contributed by atoms with E-state index in [0.717, 1.165) is 31.8 Å². The molecular formula is C15H26N2O. The highest BCUT2D eigenvalue weighted by Gasteiger charge is 2.13. The van der Waals surface area contributed by atoms with E-state index in [-0.39, 0.29) is 0 Å². The first-order chi connectivity index (χ1) is 8.67. The summed E-state index contributed by atoms with van der Waals surface area (Å²) in [6.07, 6.45) is 2.25. The molecule has 0 aliphatic rings. The number of ether oxygens (including phenoxy) is 1. The van der Waals surface area contributed by atoms with Gasteiger partial charge in [0.2, 0.25) is 0 Å². The quantitative estimate of drug-likeness (QED) is 0.721. The third-order valence-electron chi connectivity index (χ3n) is 3.24. The van der Waals surface area contributed by atoms with Crippen LogP contribution in [0.25, 0.3) is 0 Å². The highest BCUT2D eigenvalue weighted by molar-refractivity contribution is 5.39. The van der Waals surface area contributed by atoms with Crippen LogP contribution in [-0.2, 0) is 11.3 Å². The van der Waals surface area contributed by atoms with E-state index in [1.807, 2.05) is 12.1 Å². The van der Waals surface area contributed by atoms with Crippen LogP contribution in [0.2, 0.25) is 0 Å². The predicted molar refractivity (Wildman–Crippen MR) is 77.5 cm³/mol. The predicted octanol–water partition coefficient (Wildman–Crippen LogP) is 2.91. The van der Waals surface area contributed by atoms with Crippen molar-refractivity contribution in [2.75, 3.05) is 26.0 Å². The van der Waals surface area contributed by atoms with Gasteiger partial charge in [-0.3, -0.25) is 4.90 Å². The van der Waals surface area contributed by atoms with Crippen LogP contribution in [0.1, 0.15) is 32.3 Å². The maximum absolute atomic E-state index is 5.71. The second-order valence-electron chi connectivity index (χ2n) is 4.84. The summed E-state index contributed by atoms with van der Waals surface area (Å²) in [7, 11) is 1.76. The fourth-order valence-electron chi connectivity index (χ4n) is 2.07. The number of nitrogen functional groups attached to an aromatic ring is 1.